The van der Waals surface area contributed by atoms with Crippen LogP contribution in [0, 0.1) is 0 Å². The second kappa shape index (κ2) is 7.98. The molecule has 0 unspecified atom stereocenters. The number of rotatable bonds is 6. The number of likely N-dealkylation sites (tertiary alicyclic amines) is 1. The zero-order chi connectivity index (χ0) is 17.6. The summed E-state index contributed by atoms with van der Waals surface area (Å²) in [6.07, 6.45) is 9.22. The van der Waals surface area contributed by atoms with Gasteiger partial charge in [-0.3, -0.25) is 9.69 Å². The molecule has 0 aliphatic carbocycles. The summed E-state index contributed by atoms with van der Waals surface area (Å²) < 4.78 is 0. The number of aromatic nitrogens is 4. The largest absolute Gasteiger partial charge is 0.480 e. The lowest BCUT2D eigenvalue weighted by atomic mass is 9.94. The predicted octanol–water partition coefficient (Wildman–Crippen LogP) is 1.17. The lowest BCUT2D eigenvalue weighted by Gasteiger charge is -2.32. The van der Waals surface area contributed by atoms with E-state index < -0.39 is 5.97 Å². The van der Waals surface area contributed by atoms with E-state index in [1.807, 2.05) is 6.07 Å². The van der Waals surface area contributed by atoms with E-state index in [2.05, 4.69) is 24.8 Å². The Kier molecular flexibility index (Phi) is 5.49. The van der Waals surface area contributed by atoms with Crippen LogP contribution >= 0.6 is 0 Å². The molecular weight excluding hydrogens is 320 g/mol. The van der Waals surface area contributed by atoms with Gasteiger partial charge in [-0.1, -0.05) is 0 Å². The Hall–Kier alpha value is -2.61. The molecule has 25 heavy (non-hydrogen) atoms. The number of piperidine rings is 1. The van der Waals surface area contributed by atoms with Crippen LogP contribution in [0.4, 0.5) is 5.95 Å². The summed E-state index contributed by atoms with van der Waals surface area (Å²) in [6, 6.07) is 1.99. The Morgan fingerprint density at radius 2 is 2.16 bits per heavy atom. The molecule has 0 spiro atoms. The number of hydrogen-bond donors (Lipinski definition) is 1. The van der Waals surface area contributed by atoms with Gasteiger partial charge in [-0.15, -0.1) is 0 Å². The molecular formula is C17H22N6O2. The fraction of sp³-hybridized carbons (Fsp3) is 0.471. The minimum atomic E-state index is -0.903. The minimum absolute atomic E-state index is 0.119. The van der Waals surface area contributed by atoms with Gasteiger partial charge in [-0.2, -0.15) is 0 Å². The van der Waals surface area contributed by atoms with Crippen molar-refractivity contribution in [2.75, 3.05) is 31.6 Å². The SMILES string of the molecule is CN(CC(=O)O)c1ncc(CN2CCC[C@@H](c3ccncn3)C2)cn1. The molecule has 0 radical (unpaired) electrons. The molecule has 1 aliphatic heterocycles. The Balaban J connectivity index is 1.59. The lowest BCUT2D eigenvalue weighted by Crippen LogP contribution is -2.34. The standard InChI is InChI=1S/C17H22N6O2/c1-22(11-16(24)25)17-19-7-13(8-20-17)9-23-6-2-3-14(10-23)15-4-5-18-12-21-15/h4-5,7-8,12,14H,2-3,6,9-11H2,1H3,(H,24,25)/t14-/m1/s1. The second-order valence-electron chi connectivity index (χ2n) is 6.35. The average Bonchev–Trinajstić information content (AvgIpc) is 2.63. The quantitative estimate of drug-likeness (QED) is 0.836. The second-order valence-corrected chi connectivity index (χ2v) is 6.35. The average molecular weight is 342 g/mol. The Morgan fingerprint density at radius 3 is 2.84 bits per heavy atom. The van der Waals surface area contributed by atoms with Crippen LogP contribution in [0.15, 0.2) is 31.0 Å². The van der Waals surface area contributed by atoms with Crippen LogP contribution in [-0.4, -0.2) is 62.6 Å². The van der Waals surface area contributed by atoms with Gasteiger partial charge < -0.3 is 10.0 Å². The molecule has 3 heterocycles. The highest BCUT2D eigenvalue weighted by Gasteiger charge is 2.22. The van der Waals surface area contributed by atoms with E-state index in [1.165, 1.54) is 4.90 Å². The number of hydrogen-bond acceptors (Lipinski definition) is 7. The number of carbonyl (C=O) groups is 1. The number of carboxylic acid groups (broad SMARTS) is 1. The first-order valence-electron chi connectivity index (χ1n) is 8.34. The van der Waals surface area contributed by atoms with E-state index in [0.29, 0.717) is 11.9 Å². The number of likely N-dealkylation sites (N-methyl/N-ethyl adjacent to an activating group) is 1. The van der Waals surface area contributed by atoms with E-state index in [1.54, 1.807) is 32.0 Å². The summed E-state index contributed by atoms with van der Waals surface area (Å²) >= 11 is 0. The number of nitrogens with zero attached hydrogens (tertiary/aromatic N) is 6. The van der Waals surface area contributed by atoms with Crippen LogP contribution < -0.4 is 4.90 Å². The molecule has 8 heteroatoms. The molecule has 1 saturated heterocycles. The zero-order valence-corrected chi connectivity index (χ0v) is 14.2. The topological polar surface area (TPSA) is 95.3 Å². The van der Waals surface area contributed by atoms with Crippen molar-refractivity contribution in [1.82, 2.24) is 24.8 Å². The first kappa shape index (κ1) is 17.2. The molecule has 132 valence electrons. The number of anilines is 1. The summed E-state index contributed by atoms with van der Waals surface area (Å²) in [6.45, 7) is 2.66. The Bertz CT molecular complexity index is 694. The fourth-order valence-electron chi connectivity index (χ4n) is 3.14. The normalized spacial score (nSPS) is 18.0. The van der Waals surface area contributed by atoms with Crippen molar-refractivity contribution in [3.05, 3.63) is 42.2 Å². The highest BCUT2D eigenvalue weighted by atomic mass is 16.4. The molecule has 8 nitrogen and oxygen atoms in total. The number of carboxylic acids is 1. The van der Waals surface area contributed by atoms with Gasteiger partial charge in [0.25, 0.3) is 0 Å². The van der Waals surface area contributed by atoms with Crippen molar-refractivity contribution in [3.8, 4) is 0 Å². The molecule has 2 aromatic rings. The maximum Gasteiger partial charge on any atom is 0.323 e. The Labute approximate surface area is 146 Å². The van der Waals surface area contributed by atoms with Crippen LogP contribution in [-0.2, 0) is 11.3 Å². The molecule has 1 aliphatic rings. The molecule has 0 amide bonds. The molecule has 0 bridgehead atoms. The van der Waals surface area contributed by atoms with Gasteiger partial charge in [0.05, 0.1) is 0 Å². The van der Waals surface area contributed by atoms with Gasteiger partial charge in [0.1, 0.15) is 12.9 Å². The smallest absolute Gasteiger partial charge is 0.323 e. The van der Waals surface area contributed by atoms with Crippen molar-refractivity contribution in [3.63, 3.8) is 0 Å². The first-order chi connectivity index (χ1) is 12.1. The maximum absolute atomic E-state index is 10.7. The lowest BCUT2D eigenvalue weighted by molar-refractivity contribution is -0.135. The van der Waals surface area contributed by atoms with Crippen molar-refractivity contribution in [2.24, 2.45) is 0 Å². The van der Waals surface area contributed by atoms with E-state index in [4.69, 9.17) is 5.11 Å². The summed E-state index contributed by atoms with van der Waals surface area (Å²) in [5.41, 5.74) is 2.12. The summed E-state index contributed by atoms with van der Waals surface area (Å²) in [5, 5.41) is 8.82. The van der Waals surface area contributed by atoms with Crippen LogP contribution in [0.5, 0.6) is 0 Å². The Morgan fingerprint density at radius 1 is 1.36 bits per heavy atom. The van der Waals surface area contributed by atoms with E-state index in [9.17, 15) is 4.79 Å². The summed E-state index contributed by atoms with van der Waals surface area (Å²) in [4.78, 5) is 31.6. The van der Waals surface area contributed by atoms with E-state index in [0.717, 1.165) is 43.7 Å². The molecule has 0 saturated carbocycles. The summed E-state index contributed by atoms with van der Waals surface area (Å²) in [7, 11) is 1.67. The molecule has 1 N–H and O–H groups in total. The van der Waals surface area contributed by atoms with Gasteiger partial charge in [-0.05, 0) is 25.5 Å². The van der Waals surface area contributed by atoms with Crippen LogP contribution in [0.2, 0.25) is 0 Å². The van der Waals surface area contributed by atoms with Crippen molar-refractivity contribution >= 4 is 11.9 Å². The van der Waals surface area contributed by atoms with E-state index >= 15 is 0 Å². The van der Waals surface area contributed by atoms with Gasteiger partial charge >= 0.3 is 5.97 Å². The number of aliphatic carboxylic acids is 1. The molecule has 1 fully saturated rings. The van der Waals surface area contributed by atoms with Gasteiger partial charge in [0.15, 0.2) is 0 Å². The van der Waals surface area contributed by atoms with Gasteiger partial charge in [0, 0.05) is 55.9 Å². The predicted molar refractivity (Wildman–Crippen MR) is 92.2 cm³/mol. The minimum Gasteiger partial charge on any atom is -0.480 e. The molecule has 2 aromatic heterocycles. The van der Waals surface area contributed by atoms with Crippen molar-refractivity contribution in [1.29, 1.82) is 0 Å². The van der Waals surface area contributed by atoms with Gasteiger partial charge in [-0.25, -0.2) is 19.9 Å². The first-order valence-corrected chi connectivity index (χ1v) is 8.34. The van der Waals surface area contributed by atoms with Crippen molar-refractivity contribution in [2.45, 2.75) is 25.3 Å². The third kappa shape index (κ3) is 4.69. The third-order valence-corrected chi connectivity index (χ3v) is 4.34. The molecule has 3 rings (SSSR count). The third-order valence-electron chi connectivity index (χ3n) is 4.34. The zero-order valence-electron chi connectivity index (χ0n) is 14.2. The highest BCUT2D eigenvalue weighted by molar-refractivity contribution is 5.72. The van der Waals surface area contributed by atoms with Crippen LogP contribution in [0.25, 0.3) is 0 Å². The van der Waals surface area contributed by atoms with Crippen molar-refractivity contribution < 1.29 is 9.90 Å². The fourth-order valence-corrected chi connectivity index (χ4v) is 3.14. The van der Waals surface area contributed by atoms with Crippen LogP contribution in [0.3, 0.4) is 0 Å². The highest BCUT2D eigenvalue weighted by Crippen LogP contribution is 2.26. The monoisotopic (exact) mass is 342 g/mol. The summed E-state index contributed by atoms with van der Waals surface area (Å²) in [5.74, 6) is -0.0541. The van der Waals surface area contributed by atoms with Gasteiger partial charge in [0.2, 0.25) is 5.95 Å². The maximum atomic E-state index is 10.7. The van der Waals surface area contributed by atoms with E-state index in [-0.39, 0.29) is 6.54 Å². The molecule has 0 aromatic carbocycles. The van der Waals surface area contributed by atoms with Crippen LogP contribution in [0.1, 0.15) is 30.0 Å². The molecule has 1 atom stereocenters.